The Bertz CT molecular complexity index is 1100. The molecule has 372 valence electrons. The Morgan fingerprint density at radius 2 is 0.625 bits per heavy atom. The summed E-state index contributed by atoms with van der Waals surface area (Å²) in [4.78, 5) is 24.5. The van der Waals surface area contributed by atoms with E-state index in [0.717, 1.165) is 57.8 Å². The van der Waals surface area contributed by atoms with Gasteiger partial charge < -0.3 is 14.6 Å². The molecule has 0 aliphatic heterocycles. The molecule has 0 saturated carbocycles. The summed E-state index contributed by atoms with van der Waals surface area (Å²) in [5.41, 5.74) is 0. The molecule has 0 aliphatic rings. The van der Waals surface area contributed by atoms with Gasteiger partial charge in [-0.1, -0.05) is 248 Å². The largest absolute Gasteiger partial charge is 0.462 e. The smallest absolute Gasteiger partial charge is 0.306 e. The lowest BCUT2D eigenvalue weighted by Gasteiger charge is -2.15. The Balaban J connectivity index is 3.49. The quantitative estimate of drug-likeness (QED) is 0.0374. The molecule has 1 N–H and O–H groups in total. The van der Waals surface area contributed by atoms with Gasteiger partial charge >= 0.3 is 11.9 Å². The SMILES string of the molecule is CCCCCCC/C=C\C/C=C\C/C=C\CCCCCCCCCCCCC(=O)OC(CO)COC(=O)CCCCCCCCCCCCCCC/C=C\C/C=C\CCCCCCC. The average Bonchev–Trinajstić information content (AvgIpc) is 3.30. The number of carbonyl (C=O) groups is 2. The summed E-state index contributed by atoms with van der Waals surface area (Å²) in [6, 6.07) is 0. The monoisotopic (exact) mass is 895 g/mol. The minimum atomic E-state index is -0.777. The first-order valence-electron chi connectivity index (χ1n) is 27.8. The van der Waals surface area contributed by atoms with Gasteiger partial charge in [-0.3, -0.25) is 9.59 Å². The number of unbranched alkanes of at least 4 members (excludes halogenated alkanes) is 33. The zero-order chi connectivity index (χ0) is 46.3. The lowest BCUT2D eigenvalue weighted by atomic mass is 10.0. The van der Waals surface area contributed by atoms with E-state index in [0.29, 0.717) is 12.8 Å². The van der Waals surface area contributed by atoms with Crippen LogP contribution in [-0.2, 0) is 19.1 Å². The Hall–Kier alpha value is -2.40. The van der Waals surface area contributed by atoms with Crippen molar-refractivity contribution in [3.8, 4) is 0 Å². The van der Waals surface area contributed by atoms with Gasteiger partial charge in [0, 0.05) is 12.8 Å². The molecule has 1 atom stereocenters. The third-order valence-electron chi connectivity index (χ3n) is 12.3. The normalized spacial score (nSPS) is 12.6. The van der Waals surface area contributed by atoms with Crippen molar-refractivity contribution < 1.29 is 24.2 Å². The van der Waals surface area contributed by atoms with Crippen molar-refractivity contribution in [2.45, 2.75) is 290 Å². The van der Waals surface area contributed by atoms with Crippen molar-refractivity contribution in [2.75, 3.05) is 13.2 Å². The van der Waals surface area contributed by atoms with E-state index in [1.54, 1.807) is 0 Å². The van der Waals surface area contributed by atoms with E-state index in [4.69, 9.17) is 9.47 Å². The fourth-order valence-corrected chi connectivity index (χ4v) is 8.06. The molecule has 0 radical (unpaired) electrons. The van der Waals surface area contributed by atoms with Crippen LogP contribution >= 0.6 is 0 Å². The molecule has 0 saturated heterocycles. The van der Waals surface area contributed by atoms with Crippen molar-refractivity contribution in [3.05, 3.63) is 60.8 Å². The summed E-state index contributed by atoms with van der Waals surface area (Å²) >= 11 is 0. The Morgan fingerprint density at radius 3 is 0.938 bits per heavy atom. The maximum Gasteiger partial charge on any atom is 0.306 e. The van der Waals surface area contributed by atoms with Crippen LogP contribution in [0.25, 0.3) is 0 Å². The molecule has 5 nitrogen and oxygen atoms in total. The second-order valence-electron chi connectivity index (χ2n) is 18.7. The first-order valence-corrected chi connectivity index (χ1v) is 27.8. The number of aliphatic hydroxyl groups is 1. The Kier molecular flexibility index (Phi) is 52.9. The second-order valence-corrected chi connectivity index (χ2v) is 18.7. The van der Waals surface area contributed by atoms with E-state index < -0.39 is 6.10 Å². The molecular formula is C59H106O5. The van der Waals surface area contributed by atoms with Crippen LogP contribution in [0.1, 0.15) is 284 Å². The summed E-state index contributed by atoms with van der Waals surface area (Å²) in [6.07, 6.45) is 73.2. The van der Waals surface area contributed by atoms with Crippen LogP contribution in [-0.4, -0.2) is 36.4 Å². The van der Waals surface area contributed by atoms with Crippen LogP contribution in [0.4, 0.5) is 0 Å². The highest BCUT2D eigenvalue weighted by atomic mass is 16.6. The fraction of sp³-hybridized carbons (Fsp3) is 0.797. The molecule has 0 rings (SSSR count). The van der Waals surface area contributed by atoms with Gasteiger partial charge in [-0.25, -0.2) is 0 Å². The molecule has 0 heterocycles. The molecule has 0 amide bonds. The first kappa shape index (κ1) is 61.6. The topological polar surface area (TPSA) is 72.8 Å². The van der Waals surface area contributed by atoms with Gasteiger partial charge in [-0.2, -0.15) is 0 Å². The van der Waals surface area contributed by atoms with Crippen molar-refractivity contribution in [3.63, 3.8) is 0 Å². The zero-order valence-corrected chi connectivity index (χ0v) is 42.5. The number of hydrogen-bond donors (Lipinski definition) is 1. The Morgan fingerprint density at radius 1 is 0.359 bits per heavy atom. The van der Waals surface area contributed by atoms with Gasteiger partial charge in [0.25, 0.3) is 0 Å². The van der Waals surface area contributed by atoms with Gasteiger partial charge in [-0.05, 0) is 83.5 Å². The van der Waals surface area contributed by atoms with Crippen LogP contribution < -0.4 is 0 Å². The molecule has 0 spiro atoms. The zero-order valence-electron chi connectivity index (χ0n) is 42.5. The predicted octanol–water partition coefficient (Wildman–Crippen LogP) is 18.6. The molecule has 64 heavy (non-hydrogen) atoms. The number of aliphatic hydroxyl groups excluding tert-OH is 1. The maximum absolute atomic E-state index is 12.3. The molecule has 0 fully saturated rings. The van der Waals surface area contributed by atoms with Crippen LogP contribution in [0, 0.1) is 0 Å². The standard InChI is InChI=1S/C59H106O5/c1-3-5-7-9-11-13-15-17-19-21-23-25-27-29-31-33-35-37-39-41-43-45-47-49-51-53-58(61)63-56-57(55-60)64-59(62)54-52-50-48-46-44-42-40-38-36-34-32-30-28-26-24-22-20-18-16-14-12-10-8-6-4-2/h15-18,21-24,28,30,57,60H,3-14,19-20,25-27,29,31-56H2,1-2H3/b17-15-,18-16-,23-21-,24-22-,30-28-. The van der Waals surface area contributed by atoms with Crippen LogP contribution in [0.15, 0.2) is 60.8 Å². The number of rotatable bonds is 51. The molecule has 0 aliphatic carbocycles. The van der Waals surface area contributed by atoms with E-state index in [9.17, 15) is 14.7 Å². The van der Waals surface area contributed by atoms with Crippen LogP contribution in [0.5, 0.6) is 0 Å². The number of allylic oxidation sites excluding steroid dienone is 10. The van der Waals surface area contributed by atoms with Crippen molar-refractivity contribution in [1.29, 1.82) is 0 Å². The number of ether oxygens (including phenoxy) is 2. The third-order valence-corrected chi connectivity index (χ3v) is 12.3. The number of carbonyl (C=O) groups excluding carboxylic acids is 2. The van der Waals surface area contributed by atoms with E-state index in [-0.39, 0.29) is 25.2 Å². The van der Waals surface area contributed by atoms with Crippen molar-refractivity contribution >= 4 is 11.9 Å². The minimum Gasteiger partial charge on any atom is -0.462 e. The minimum absolute atomic E-state index is 0.0677. The van der Waals surface area contributed by atoms with E-state index >= 15 is 0 Å². The van der Waals surface area contributed by atoms with Crippen molar-refractivity contribution in [1.82, 2.24) is 0 Å². The van der Waals surface area contributed by atoms with Gasteiger partial charge in [0.05, 0.1) is 6.61 Å². The molecule has 5 heteroatoms. The lowest BCUT2D eigenvalue weighted by Crippen LogP contribution is -2.28. The Labute approximate surface area is 398 Å². The highest BCUT2D eigenvalue weighted by molar-refractivity contribution is 5.70. The van der Waals surface area contributed by atoms with Crippen LogP contribution in [0.2, 0.25) is 0 Å². The van der Waals surface area contributed by atoms with Gasteiger partial charge in [0.2, 0.25) is 0 Å². The second kappa shape index (κ2) is 54.9. The molecule has 0 aromatic rings. The molecule has 0 bridgehead atoms. The van der Waals surface area contributed by atoms with Crippen LogP contribution in [0.3, 0.4) is 0 Å². The van der Waals surface area contributed by atoms with Crippen molar-refractivity contribution in [2.24, 2.45) is 0 Å². The highest BCUT2D eigenvalue weighted by Crippen LogP contribution is 2.16. The summed E-state index contributed by atoms with van der Waals surface area (Å²) in [7, 11) is 0. The molecule has 0 aromatic heterocycles. The fourth-order valence-electron chi connectivity index (χ4n) is 8.06. The average molecular weight is 895 g/mol. The molecular weight excluding hydrogens is 789 g/mol. The van der Waals surface area contributed by atoms with E-state index in [1.807, 2.05) is 0 Å². The number of esters is 2. The summed E-state index contributed by atoms with van der Waals surface area (Å²) in [5, 5.41) is 9.65. The summed E-state index contributed by atoms with van der Waals surface area (Å²) in [6.45, 7) is 4.14. The predicted molar refractivity (Wildman–Crippen MR) is 279 cm³/mol. The number of hydrogen-bond acceptors (Lipinski definition) is 5. The summed E-state index contributed by atoms with van der Waals surface area (Å²) < 4.78 is 10.7. The molecule has 1 unspecified atom stereocenters. The van der Waals surface area contributed by atoms with Gasteiger partial charge in [0.1, 0.15) is 6.61 Å². The molecule has 0 aromatic carbocycles. The first-order chi connectivity index (χ1) is 31.6. The summed E-state index contributed by atoms with van der Waals surface area (Å²) in [5.74, 6) is -0.588. The third kappa shape index (κ3) is 52.2. The lowest BCUT2D eigenvalue weighted by molar-refractivity contribution is -0.161. The van der Waals surface area contributed by atoms with Gasteiger partial charge in [0.15, 0.2) is 6.10 Å². The highest BCUT2D eigenvalue weighted by Gasteiger charge is 2.16. The maximum atomic E-state index is 12.3. The van der Waals surface area contributed by atoms with E-state index in [2.05, 4.69) is 74.6 Å². The van der Waals surface area contributed by atoms with Gasteiger partial charge in [-0.15, -0.1) is 0 Å². The van der Waals surface area contributed by atoms with E-state index in [1.165, 1.54) is 199 Å².